The Morgan fingerprint density at radius 3 is 1.81 bits per heavy atom. The van der Waals surface area contributed by atoms with Gasteiger partial charge >= 0.3 is 0 Å². The van der Waals surface area contributed by atoms with Crippen molar-refractivity contribution in [1.82, 2.24) is 0 Å². The van der Waals surface area contributed by atoms with E-state index in [2.05, 4.69) is 105 Å². The predicted octanol–water partition coefficient (Wildman–Crippen LogP) is 6.06. The molecule has 0 fully saturated rings. The van der Waals surface area contributed by atoms with Gasteiger partial charge in [-0.25, -0.2) is 0 Å². The van der Waals surface area contributed by atoms with Gasteiger partial charge < -0.3 is 0 Å². The zero-order chi connectivity index (χ0) is 19.1. The van der Waals surface area contributed by atoms with Crippen molar-refractivity contribution in [3.63, 3.8) is 0 Å². The van der Waals surface area contributed by atoms with Gasteiger partial charge in [-0.2, -0.15) is 0 Å². The Hall–Kier alpha value is -3.22. The second kappa shape index (κ2) is 8.93. The Kier molecular flexibility index (Phi) is 6.14. The van der Waals surface area contributed by atoms with Gasteiger partial charge in [0.15, 0.2) is 0 Å². The molecule has 0 N–H and O–H groups in total. The molecule has 0 saturated heterocycles. The summed E-state index contributed by atoms with van der Waals surface area (Å²) in [5.74, 6) is 13.0. The maximum atomic E-state index is 3.27. The molecule has 3 rings (SSSR count). The van der Waals surface area contributed by atoms with Gasteiger partial charge in [0.05, 0.1) is 0 Å². The minimum atomic E-state index is 1.02. The lowest BCUT2D eigenvalue weighted by atomic mass is 10.0. The normalized spacial score (nSPS) is 9.74. The molecule has 0 heteroatoms. The highest BCUT2D eigenvalue weighted by Gasteiger charge is 1.97. The van der Waals surface area contributed by atoms with E-state index in [0.29, 0.717) is 0 Å². The van der Waals surface area contributed by atoms with Crippen LogP contribution in [0.1, 0.15) is 52.3 Å². The Morgan fingerprint density at radius 2 is 1.19 bits per heavy atom. The molecule has 0 bridgehead atoms. The van der Waals surface area contributed by atoms with E-state index in [1.807, 2.05) is 6.07 Å². The third-order valence-corrected chi connectivity index (χ3v) is 4.46. The highest BCUT2D eigenvalue weighted by Crippen LogP contribution is 2.11. The maximum Gasteiger partial charge on any atom is 0.0279 e. The van der Waals surface area contributed by atoms with E-state index in [4.69, 9.17) is 0 Å². The van der Waals surface area contributed by atoms with Gasteiger partial charge in [-0.15, -0.1) is 0 Å². The van der Waals surface area contributed by atoms with Gasteiger partial charge in [-0.3, -0.25) is 0 Å². The molecule has 27 heavy (non-hydrogen) atoms. The maximum absolute atomic E-state index is 3.27. The smallest absolute Gasteiger partial charge is 0.0279 e. The second-order valence-electron chi connectivity index (χ2n) is 6.84. The monoisotopic (exact) mass is 348 g/mol. The molecule has 0 spiro atoms. The van der Waals surface area contributed by atoms with Gasteiger partial charge in [-0.05, 0) is 73.9 Å². The summed E-state index contributed by atoms with van der Waals surface area (Å²) in [6.07, 6.45) is 2.29. The Balaban J connectivity index is 1.75. The molecule has 0 nitrogen and oxygen atoms in total. The molecule has 0 aliphatic carbocycles. The molecule has 0 aliphatic heterocycles. The molecule has 3 aromatic carbocycles. The van der Waals surface area contributed by atoms with Crippen molar-refractivity contribution in [2.45, 2.75) is 33.6 Å². The minimum Gasteiger partial charge on any atom is -0.0651 e. The average Bonchev–Trinajstić information content (AvgIpc) is 2.68. The molecule has 0 unspecified atom stereocenters. The van der Waals surface area contributed by atoms with Gasteiger partial charge in [0, 0.05) is 22.3 Å². The summed E-state index contributed by atoms with van der Waals surface area (Å²) >= 11 is 0. The van der Waals surface area contributed by atoms with Crippen LogP contribution in [0.2, 0.25) is 0 Å². The Bertz CT molecular complexity index is 1030. The van der Waals surface area contributed by atoms with E-state index in [1.165, 1.54) is 17.5 Å². The van der Waals surface area contributed by atoms with Crippen molar-refractivity contribution in [1.29, 1.82) is 0 Å². The highest BCUT2D eigenvalue weighted by molar-refractivity contribution is 5.51. The first-order chi connectivity index (χ1) is 13.1. The largest absolute Gasteiger partial charge is 0.0651 e. The first-order valence-corrected chi connectivity index (χ1v) is 9.44. The molecule has 0 amide bonds. The van der Waals surface area contributed by atoms with E-state index in [9.17, 15) is 0 Å². The summed E-state index contributed by atoms with van der Waals surface area (Å²) in [5, 5.41) is 0. The fourth-order valence-corrected chi connectivity index (χ4v) is 2.85. The van der Waals surface area contributed by atoms with Crippen molar-refractivity contribution < 1.29 is 0 Å². The lowest BCUT2D eigenvalue weighted by Gasteiger charge is -2.00. The van der Waals surface area contributed by atoms with Gasteiger partial charge in [0.2, 0.25) is 0 Å². The van der Waals surface area contributed by atoms with Crippen molar-refractivity contribution >= 4 is 0 Å². The Morgan fingerprint density at radius 1 is 0.630 bits per heavy atom. The lowest BCUT2D eigenvalue weighted by Crippen LogP contribution is -1.86. The highest BCUT2D eigenvalue weighted by atomic mass is 14.0. The first-order valence-electron chi connectivity index (χ1n) is 9.44. The number of hydrogen-bond donors (Lipinski definition) is 0. The quantitative estimate of drug-likeness (QED) is 0.494. The van der Waals surface area contributed by atoms with Crippen LogP contribution in [-0.4, -0.2) is 0 Å². The Labute approximate surface area is 163 Å². The van der Waals surface area contributed by atoms with Crippen LogP contribution in [0.3, 0.4) is 0 Å². The molecule has 0 radical (unpaired) electrons. The van der Waals surface area contributed by atoms with Crippen LogP contribution >= 0.6 is 0 Å². The summed E-state index contributed by atoms with van der Waals surface area (Å²) in [6, 6.07) is 23.1. The van der Waals surface area contributed by atoms with Crippen LogP contribution < -0.4 is 0 Å². The zero-order valence-corrected chi connectivity index (χ0v) is 16.3. The molecule has 132 valence electrons. The summed E-state index contributed by atoms with van der Waals surface area (Å²) in [6.45, 7) is 6.37. The van der Waals surface area contributed by atoms with Crippen LogP contribution in [-0.2, 0) is 6.42 Å². The topological polar surface area (TPSA) is 0 Å². The van der Waals surface area contributed by atoms with Crippen molar-refractivity contribution in [2.75, 3.05) is 0 Å². The molecule has 0 saturated carbocycles. The van der Waals surface area contributed by atoms with E-state index in [0.717, 1.165) is 34.2 Å². The molecule has 0 atom stereocenters. The molecule has 0 aromatic heterocycles. The molecule has 0 heterocycles. The van der Waals surface area contributed by atoms with E-state index in [1.54, 1.807) is 0 Å². The van der Waals surface area contributed by atoms with Crippen LogP contribution in [0, 0.1) is 37.5 Å². The number of rotatable bonds is 2. The average molecular weight is 348 g/mol. The lowest BCUT2D eigenvalue weighted by molar-refractivity contribution is 0.922. The molecule has 3 aromatic rings. The van der Waals surface area contributed by atoms with E-state index >= 15 is 0 Å². The summed E-state index contributed by atoms with van der Waals surface area (Å²) in [5.41, 5.74) is 7.93. The SMILES string of the molecule is CCCc1ccc(C#Cc2ccc(C#Cc3ccc(C)cc3)c(C)c2)cc1. The van der Waals surface area contributed by atoms with Gasteiger partial charge in [0.1, 0.15) is 0 Å². The zero-order valence-electron chi connectivity index (χ0n) is 16.3. The molecular weight excluding hydrogens is 324 g/mol. The third-order valence-electron chi connectivity index (χ3n) is 4.46. The summed E-state index contributed by atoms with van der Waals surface area (Å²) < 4.78 is 0. The van der Waals surface area contributed by atoms with Crippen LogP contribution in [0.15, 0.2) is 66.7 Å². The van der Waals surface area contributed by atoms with Crippen LogP contribution in [0.4, 0.5) is 0 Å². The van der Waals surface area contributed by atoms with E-state index < -0.39 is 0 Å². The van der Waals surface area contributed by atoms with Crippen molar-refractivity contribution in [3.8, 4) is 23.7 Å². The second-order valence-corrected chi connectivity index (χ2v) is 6.84. The fourth-order valence-electron chi connectivity index (χ4n) is 2.85. The van der Waals surface area contributed by atoms with Crippen LogP contribution in [0.25, 0.3) is 0 Å². The first kappa shape index (κ1) is 18.6. The van der Waals surface area contributed by atoms with Crippen molar-refractivity contribution in [2.24, 2.45) is 0 Å². The summed E-state index contributed by atoms with van der Waals surface area (Å²) in [4.78, 5) is 0. The van der Waals surface area contributed by atoms with Gasteiger partial charge in [-0.1, -0.05) is 66.9 Å². The number of benzene rings is 3. The molecule has 0 aliphatic rings. The fraction of sp³-hybridized carbons (Fsp3) is 0.185. The number of aryl methyl sites for hydroxylation is 3. The van der Waals surface area contributed by atoms with Gasteiger partial charge in [0.25, 0.3) is 0 Å². The molecular formula is C27H24. The minimum absolute atomic E-state index is 1.02. The standard InChI is InChI=1S/C27H24/c1-4-5-23-10-12-25(13-11-23)14-15-26-17-19-27(22(3)20-26)18-16-24-8-6-21(2)7-9-24/h6-13,17,19-20H,4-5H2,1-3H3. The summed E-state index contributed by atoms with van der Waals surface area (Å²) in [7, 11) is 0. The number of hydrogen-bond acceptors (Lipinski definition) is 0. The van der Waals surface area contributed by atoms with Crippen LogP contribution in [0.5, 0.6) is 0 Å². The van der Waals surface area contributed by atoms with Crippen molar-refractivity contribution in [3.05, 3.63) is 106 Å². The third kappa shape index (κ3) is 5.37. The predicted molar refractivity (Wildman–Crippen MR) is 115 cm³/mol. The van der Waals surface area contributed by atoms with E-state index in [-0.39, 0.29) is 0 Å².